The zero-order chi connectivity index (χ0) is 16.3. The van der Waals surface area contributed by atoms with Gasteiger partial charge in [-0.1, -0.05) is 25.1 Å². The number of aryl methyl sites for hydroxylation is 1. The maximum atomic E-state index is 5.66. The highest BCUT2D eigenvalue weighted by Gasteiger charge is 2.01. The molecule has 6 heteroatoms. The lowest BCUT2D eigenvalue weighted by Gasteiger charge is -2.11. The summed E-state index contributed by atoms with van der Waals surface area (Å²) in [6.07, 6.45) is 2.96. The number of hydrogen-bond acceptors (Lipinski definition) is 4. The maximum absolute atomic E-state index is 5.66. The van der Waals surface area contributed by atoms with Crippen LogP contribution in [0.3, 0.4) is 0 Å². The minimum atomic E-state index is 0.589. The molecule has 0 aliphatic carbocycles. The standard InChI is InChI=1S/C17H24N4OS/c1-3-15-12-20-16(23-15)13-21-17(18-4-2)19-10-11-22-14-8-6-5-7-9-14/h5-9,12H,3-4,10-11,13H2,1-2H3,(H2,18,19,21). The first-order chi connectivity index (χ1) is 11.3. The third kappa shape index (κ3) is 6.28. The molecule has 0 aliphatic rings. The van der Waals surface area contributed by atoms with Crippen molar-refractivity contribution in [3.05, 3.63) is 46.4 Å². The third-order valence-corrected chi connectivity index (χ3v) is 4.20. The Labute approximate surface area is 141 Å². The SMILES string of the molecule is CCNC(=NCc1ncc(CC)s1)NCCOc1ccccc1. The number of guanidine groups is 1. The largest absolute Gasteiger partial charge is 0.492 e. The molecule has 0 atom stereocenters. The maximum Gasteiger partial charge on any atom is 0.191 e. The van der Waals surface area contributed by atoms with Crippen LogP contribution in [-0.4, -0.2) is 30.6 Å². The molecule has 0 saturated heterocycles. The third-order valence-electron chi connectivity index (χ3n) is 3.07. The predicted molar refractivity (Wildman–Crippen MR) is 96.2 cm³/mol. The fourth-order valence-electron chi connectivity index (χ4n) is 1.93. The fraction of sp³-hybridized carbons (Fsp3) is 0.412. The van der Waals surface area contributed by atoms with Crippen LogP contribution in [-0.2, 0) is 13.0 Å². The molecule has 0 spiro atoms. The topological polar surface area (TPSA) is 58.5 Å². The van der Waals surface area contributed by atoms with E-state index in [9.17, 15) is 0 Å². The number of hydrogen-bond donors (Lipinski definition) is 2. The first-order valence-corrected chi connectivity index (χ1v) is 8.77. The van der Waals surface area contributed by atoms with Crippen molar-refractivity contribution in [1.82, 2.24) is 15.6 Å². The van der Waals surface area contributed by atoms with E-state index >= 15 is 0 Å². The van der Waals surface area contributed by atoms with Gasteiger partial charge >= 0.3 is 0 Å². The second kappa shape index (κ2) is 9.84. The van der Waals surface area contributed by atoms with Crippen molar-refractivity contribution in [3.63, 3.8) is 0 Å². The van der Waals surface area contributed by atoms with Crippen LogP contribution in [0.25, 0.3) is 0 Å². The molecule has 5 nitrogen and oxygen atoms in total. The van der Waals surface area contributed by atoms with E-state index in [4.69, 9.17) is 4.74 Å². The van der Waals surface area contributed by atoms with Gasteiger partial charge in [0.2, 0.25) is 0 Å². The molecule has 0 saturated carbocycles. The quantitative estimate of drug-likeness (QED) is 0.443. The smallest absolute Gasteiger partial charge is 0.191 e. The number of para-hydroxylation sites is 1. The normalized spacial score (nSPS) is 11.3. The molecule has 124 valence electrons. The van der Waals surface area contributed by atoms with Gasteiger partial charge < -0.3 is 15.4 Å². The van der Waals surface area contributed by atoms with E-state index in [-0.39, 0.29) is 0 Å². The van der Waals surface area contributed by atoms with Crippen molar-refractivity contribution in [2.75, 3.05) is 19.7 Å². The number of aliphatic imine (C=N–C) groups is 1. The summed E-state index contributed by atoms with van der Waals surface area (Å²) in [7, 11) is 0. The number of nitrogens with one attached hydrogen (secondary N) is 2. The van der Waals surface area contributed by atoms with E-state index in [0.717, 1.165) is 29.7 Å². The summed E-state index contributed by atoms with van der Waals surface area (Å²) >= 11 is 1.72. The average Bonchev–Trinajstić information content (AvgIpc) is 3.05. The predicted octanol–water partition coefficient (Wildman–Crippen LogP) is 2.84. The van der Waals surface area contributed by atoms with Gasteiger partial charge in [0.25, 0.3) is 0 Å². The van der Waals surface area contributed by atoms with Crippen molar-refractivity contribution in [1.29, 1.82) is 0 Å². The van der Waals surface area contributed by atoms with E-state index in [0.29, 0.717) is 19.7 Å². The first-order valence-electron chi connectivity index (χ1n) is 7.95. The molecule has 2 N–H and O–H groups in total. The minimum Gasteiger partial charge on any atom is -0.492 e. The highest BCUT2D eigenvalue weighted by Crippen LogP contribution is 2.13. The molecule has 0 unspecified atom stereocenters. The zero-order valence-corrected chi connectivity index (χ0v) is 14.5. The Balaban J connectivity index is 1.77. The summed E-state index contributed by atoms with van der Waals surface area (Å²) in [5.74, 6) is 1.67. The van der Waals surface area contributed by atoms with Crippen molar-refractivity contribution in [3.8, 4) is 5.75 Å². The molecule has 0 aliphatic heterocycles. The van der Waals surface area contributed by atoms with Crippen LogP contribution in [0.5, 0.6) is 5.75 Å². The monoisotopic (exact) mass is 332 g/mol. The Hall–Kier alpha value is -2.08. The Kier molecular flexibility index (Phi) is 7.39. The van der Waals surface area contributed by atoms with Gasteiger partial charge in [0.05, 0.1) is 13.1 Å². The molecular formula is C17H24N4OS. The van der Waals surface area contributed by atoms with Gasteiger partial charge in [-0.05, 0) is 25.5 Å². The van der Waals surface area contributed by atoms with Crippen LogP contribution in [0.4, 0.5) is 0 Å². The van der Waals surface area contributed by atoms with Gasteiger partial charge in [0, 0.05) is 17.6 Å². The van der Waals surface area contributed by atoms with Crippen LogP contribution < -0.4 is 15.4 Å². The Morgan fingerprint density at radius 2 is 2.04 bits per heavy atom. The molecule has 2 rings (SSSR count). The molecule has 0 amide bonds. The van der Waals surface area contributed by atoms with Gasteiger partial charge in [-0.3, -0.25) is 0 Å². The highest BCUT2D eigenvalue weighted by molar-refractivity contribution is 7.11. The summed E-state index contributed by atoms with van der Waals surface area (Å²) in [5.41, 5.74) is 0. The van der Waals surface area contributed by atoms with Gasteiger partial charge in [-0.25, -0.2) is 9.98 Å². The van der Waals surface area contributed by atoms with Crippen LogP contribution in [0.1, 0.15) is 23.7 Å². The van der Waals surface area contributed by atoms with E-state index in [1.165, 1.54) is 4.88 Å². The average molecular weight is 332 g/mol. The van der Waals surface area contributed by atoms with Crippen LogP contribution in [0, 0.1) is 0 Å². The van der Waals surface area contributed by atoms with Crippen molar-refractivity contribution < 1.29 is 4.74 Å². The minimum absolute atomic E-state index is 0.589. The van der Waals surface area contributed by atoms with Crippen LogP contribution >= 0.6 is 11.3 Å². The fourth-order valence-corrected chi connectivity index (χ4v) is 2.71. The van der Waals surface area contributed by atoms with Gasteiger partial charge in [0.15, 0.2) is 5.96 Å². The lowest BCUT2D eigenvalue weighted by molar-refractivity contribution is 0.322. The molecule has 1 aromatic heterocycles. The summed E-state index contributed by atoms with van der Waals surface area (Å²) in [6, 6.07) is 9.81. The molecule has 1 heterocycles. The molecule has 23 heavy (non-hydrogen) atoms. The summed E-state index contributed by atoms with van der Waals surface area (Å²) in [5, 5.41) is 7.55. The molecule has 0 fully saturated rings. The lowest BCUT2D eigenvalue weighted by Crippen LogP contribution is -2.39. The van der Waals surface area contributed by atoms with Gasteiger partial charge in [-0.15, -0.1) is 11.3 Å². The molecule has 1 aromatic carbocycles. The summed E-state index contributed by atoms with van der Waals surface area (Å²) in [4.78, 5) is 10.2. The lowest BCUT2D eigenvalue weighted by atomic mass is 10.3. The first kappa shape index (κ1) is 17.3. The Morgan fingerprint density at radius 1 is 1.22 bits per heavy atom. The molecule has 0 radical (unpaired) electrons. The number of ether oxygens (including phenoxy) is 1. The van der Waals surface area contributed by atoms with Crippen molar-refractivity contribution >= 4 is 17.3 Å². The van der Waals surface area contributed by atoms with E-state index in [2.05, 4.69) is 34.5 Å². The van der Waals surface area contributed by atoms with Crippen molar-refractivity contribution in [2.45, 2.75) is 26.8 Å². The van der Waals surface area contributed by atoms with Gasteiger partial charge in [-0.2, -0.15) is 0 Å². The molecular weight excluding hydrogens is 308 g/mol. The number of nitrogens with zero attached hydrogens (tertiary/aromatic N) is 2. The van der Waals surface area contributed by atoms with E-state index in [1.54, 1.807) is 11.3 Å². The number of rotatable bonds is 8. The van der Waals surface area contributed by atoms with Crippen LogP contribution in [0.2, 0.25) is 0 Å². The molecule has 0 bridgehead atoms. The molecule has 2 aromatic rings. The van der Waals surface area contributed by atoms with E-state index in [1.807, 2.05) is 36.5 Å². The van der Waals surface area contributed by atoms with E-state index < -0.39 is 0 Å². The zero-order valence-electron chi connectivity index (χ0n) is 13.7. The second-order valence-corrected chi connectivity index (χ2v) is 6.06. The Morgan fingerprint density at radius 3 is 2.74 bits per heavy atom. The summed E-state index contributed by atoms with van der Waals surface area (Å²) in [6.45, 7) is 6.89. The van der Waals surface area contributed by atoms with Crippen molar-refractivity contribution in [2.24, 2.45) is 4.99 Å². The summed E-state index contributed by atoms with van der Waals surface area (Å²) < 4.78 is 5.66. The highest BCUT2D eigenvalue weighted by atomic mass is 32.1. The number of thiazole rings is 1. The number of aromatic nitrogens is 1. The second-order valence-electron chi connectivity index (χ2n) is 4.86. The van der Waals surface area contributed by atoms with Crippen LogP contribution in [0.15, 0.2) is 41.5 Å². The Bertz CT molecular complexity index is 598. The number of benzene rings is 1. The van der Waals surface area contributed by atoms with Gasteiger partial charge in [0.1, 0.15) is 17.4 Å².